The summed E-state index contributed by atoms with van der Waals surface area (Å²) < 4.78 is 0. The molecule has 0 aliphatic carbocycles. The fraction of sp³-hybridized carbons (Fsp3) is 0. The van der Waals surface area contributed by atoms with Crippen molar-refractivity contribution in [2.45, 2.75) is 0 Å². The molecule has 7 nitrogen and oxygen atoms in total. The van der Waals surface area contributed by atoms with E-state index in [1.807, 2.05) is 0 Å². The van der Waals surface area contributed by atoms with Gasteiger partial charge in [0, 0.05) is 12.4 Å². The van der Waals surface area contributed by atoms with Crippen LogP contribution in [0.5, 0.6) is 0 Å². The van der Waals surface area contributed by atoms with Gasteiger partial charge in [-0.05, 0) is 12.1 Å². The number of rotatable bonds is 3. The van der Waals surface area contributed by atoms with E-state index < -0.39 is 16.5 Å². The van der Waals surface area contributed by atoms with Gasteiger partial charge in [0.1, 0.15) is 10.6 Å². The summed E-state index contributed by atoms with van der Waals surface area (Å²) in [5.41, 5.74) is -0.549. The Morgan fingerprint density at radius 1 is 1.50 bits per heavy atom. The van der Waals surface area contributed by atoms with Crippen molar-refractivity contribution in [3.05, 3.63) is 51.3 Å². The molecule has 1 aromatic heterocycles. The normalized spacial score (nSPS) is 10.1. The fourth-order valence-electron chi connectivity index (χ4n) is 1.39. The van der Waals surface area contributed by atoms with Gasteiger partial charge in [-0.2, -0.15) is 0 Å². The first kappa shape index (κ1) is 12.1. The van der Waals surface area contributed by atoms with Crippen molar-refractivity contribution in [2.75, 3.05) is 5.32 Å². The third-order valence-corrected chi connectivity index (χ3v) is 2.45. The molecule has 0 spiro atoms. The molecule has 92 valence electrons. The van der Waals surface area contributed by atoms with Gasteiger partial charge in [-0.25, -0.2) is 4.98 Å². The van der Waals surface area contributed by atoms with E-state index in [-0.39, 0.29) is 16.5 Å². The van der Waals surface area contributed by atoms with Crippen molar-refractivity contribution in [1.82, 2.24) is 9.97 Å². The second-order valence-corrected chi connectivity index (χ2v) is 3.69. The number of benzene rings is 1. The van der Waals surface area contributed by atoms with Crippen molar-refractivity contribution < 1.29 is 9.72 Å². The Kier molecular flexibility index (Phi) is 3.24. The number of carbonyl (C=O) groups is 1. The van der Waals surface area contributed by atoms with Crippen LogP contribution in [0.4, 0.5) is 11.6 Å². The Morgan fingerprint density at radius 3 is 2.89 bits per heavy atom. The van der Waals surface area contributed by atoms with Crippen LogP contribution in [-0.2, 0) is 0 Å². The number of aromatic amines is 1. The minimum atomic E-state index is -0.695. The summed E-state index contributed by atoms with van der Waals surface area (Å²) >= 11 is 5.71. The first-order valence-corrected chi connectivity index (χ1v) is 5.21. The smallest absolute Gasteiger partial charge is 0.300 e. The molecule has 18 heavy (non-hydrogen) atoms. The van der Waals surface area contributed by atoms with E-state index >= 15 is 0 Å². The molecule has 2 aromatic rings. The van der Waals surface area contributed by atoms with Crippen molar-refractivity contribution in [1.29, 1.82) is 0 Å². The quantitative estimate of drug-likeness (QED) is 0.657. The summed E-state index contributed by atoms with van der Waals surface area (Å²) in [5, 5.41) is 13.2. The molecule has 0 atom stereocenters. The number of H-pyrrole nitrogens is 1. The molecule has 0 unspecified atom stereocenters. The number of imidazole rings is 1. The SMILES string of the molecule is O=C(Nc1ncc[nH]1)c1cccc(Cl)c1[N+](=O)[O-]. The predicted molar refractivity (Wildman–Crippen MR) is 64.6 cm³/mol. The highest BCUT2D eigenvalue weighted by Crippen LogP contribution is 2.28. The van der Waals surface area contributed by atoms with E-state index in [2.05, 4.69) is 15.3 Å². The van der Waals surface area contributed by atoms with Gasteiger partial charge in [0.2, 0.25) is 5.95 Å². The van der Waals surface area contributed by atoms with Crippen molar-refractivity contribution in [3.8, 4) is 0 Å². The summed E-state index contributed by atoms with van der Waals surface area (Å²) in [4.78, 5) is 28.5. The number of halogens is 1. The average Bonchev–Trinajstić information content (AvgIpc) is 2.80. The summed E-state index contributed by atoms with van der Waals surface area (Å²) in [6.07, 6.45) is 2.96. The lowest BCUT2D eigenvalue weighted by Gasteiger charge is -2.04. The predicted octanol–water partition coefficient (Wildman–Crippen LogP) is 2.22. The molecular formula is C10H7ClN4O3. The monoisotopic (exact) mass is 266 g/mol. The molecule has 1 amide bonds. The molecule has 0 aliphatic rings. The zero-order valence-electron chi connectivity index (χ0n) is 8.88. The minimum absolute atomic E-state index is 0.0907. The zero-order chi connectivity index (χ0) is 13.1. The summed E-state index contributed by atoms with van der Waals surface area (Å²) in [7, 11) is 0. The minimum Gasteiger partial charge on any atom is -0.331 e. The second kappa shape index (κ2) is 4.84. The molecule has 1 heterocycles. The van der Waals surface area contributed by atoms with Gasteiger partial charge in [-0.1, -0.05) is 17.7 Å². The molecule has 2 N–H and O–H groups in total. The standard InChI is InChI=1S/C10H7ClN4O3/c11-7-3-1-2-6(8(7)15(17)18)9(16)14-10-12-4-5-13-10/h1-5H,(H2,12,13,14,16). The number of nitrogens with zero attached hydrogens (tertiary/aromatic N) is 2. The number of carbonyl (C=O) groups excluding carboxylic acids is 1. The zero-order valence-corrected chi connectivity index (χ0v) is 9.64. The summed E-state index contributed by atoms with van der Waals surface area (Å²) in [6.45, 7) is 0. The van der Waals surface area contributed by atoms with Crippen LogP contribution in [0.25, 0.3) is 0 Å². The van der Waals surface area contributed by atoms with Gasteiger partial charge < -0.3 is 4.98 Å². The number of hydrogen-bond acceptors (Lipinski definition) is 4. The number of aromatic nitrogens is 2. The van der Waals surface area contributed by atoms with Crippen LogP contribution in [0, 0.1) is 10.1 Å². The molecule has 0 aliphatic heterocycles. The topological polar surface area (TPSA) is 101 Å². The van der Waals surface area contributed by atoms with Gasteiger partial charge in [0.25, 0.3) is 5.91 Å². The van der Waals surface area contributed by atoms with Gasteiger partial charge in [-0.3, -0.25) is 20.2 Å². The van der Waals surface area contributed by atoms with Gasteiger partial charge in [0.15, 0.2) is 0 Å². The lowest BCUT2D eigenvalue weighted by atomic mass is 10.1. The van der Waals surface area contributed by atoms with Gasteiger partial charge >= 0.3 is 5.69 Å². The number of para-hydroxylation sites is 1. The molecule has 0 saturated carbocycles. The van der Waals surface area contributed by atoms with E-state index in [0.29, 0.717) is 0 Å². The lowest BCUT2D eigenvalue weighted by molar-refractivity contribution is -0.385. The Labute approximate surface area is 106 Å². The van der Waals surface area contributed by atoms with Crippen LogP contribution in [0.15, 0.2) is 30.6 Å². The van der Waals surface area contributed by atoms with E-state index in [9.17, 15) is 14.9 Å². The van der Waals surface area contributed by atoms with Crippen LogP contribution >= 0.6 is 11.6 Å². The first-order valence-electron chi connectivity index (χ1n) is 4.83. The van der Waals surface area contributed by atoms with Crippen LogP contribution in [0.3, 0.4) is 0 Å². The third kappa shape index (κ3) is 2.30. The number of hydrogen-bond donors (Lipinski definition) is 2. The number of nitro benzene ring substituents is 1. The second-order valence-electron chi connectivity index (χ2n) is 3.29. The molecule has 0 saturated heterocycles. The van der Waals surface area contributed by atoms with E-state index in [0.717, 1.165) is 0 Å². The highest BCUT2D eigenvalue weighted by molar-refractivity contribution is 6.33. The maximum absolute atomic E-state index is 11.9. The highest BCUT2D eigenvalue weighted by Gasteiger charge is 2.23. The Bertz CT molecular complexity index is 597. The molecule has 0 bridgehead atoms. The molecule has 0 radical (unpaired) electrons. The fourth-order valence-corrected chi connectivity index (χ4v) is 1.64. The van der Waals surface area contributed by atoms with Crippen LogP contribution in [0.2, 0.25) is 5.02 Å². The largest absolute Gasteiger partial charge is 0.331 e. The van der Waals surface area contributed by atoms with E-state index in [1.165, 1.54) is 30.6 Å². The molecule has 0 fully saturated rings. The summed E-state index contributed by atoms with van der Waals surface area (Å²) in [6, 6.07) is 4.14. The van der Waals surface area contributed by atoms with Crippen molar-refractivity contribution in [2.24, 2.45) is 0 Å². The van der Waals surface area contributed by atoms with Gasteiger partial charge in [0.05, 0.1) is 4.92 Å². The number of nitrogens with one attached hydrogen (secondary N) is 2. The highest BCUT2D eigenvalue weighted by atomic mass is 35.5. The van der Waals surface area contributed by atoms with E-state index in [1.54, 1.807) is 0 Å². The first-order chi connectivity index (χ1) is 8.59. The maximum atomic E-state index is 11.9. The average molecular weight is 267 g/mol. The Morgan fingerprint density at radius 2 is 2.28 bits per heavy atom. The maximum Gasteiger partial charge on any atom is 0.300 e. The number of nitro groups is 1. The van der Waals surface area contributed by atoms with Crippen molar-refractivity contribution in [3.63, 3.8) is 0 Å². The van der Waals surface area contributed by atoms with E-state index in [4.69, 9.17) is 11.6 Å². The molecule has 2 rings (SSSR count). The molecular weight excluding hydrogens is 260 g/mol. The van der Waals surface area contributed by atoms with Crippen LogP contribution < -0.4 is 5.32 Å². The Hall–Kier alpha value is -2.41. The Balaban J connectivity index is 2.36. The van der Waals surface area contributed by atoms with Crippen molar-refractivity contribution >= 4 is 29.1 Å². The molecule has 1 aromatic carbocycles. The third-order valence-electron chi connectivity index (χ3n) is 2.14. The van der Waals surface area contributed by atoms with Crippen LogP contribution in [0.1, 0.15) is 10.4 Å². The van der Waals surface area contributed by atoms with Crippen LogP contribution in [-0.4, -0.2) is 20.8 Å². The van der Waals surface area contributed by atoms with Gasteiger partial charge in [-0.15, -0.1) is 0 Å². The molecule has 8 heteroatoms. The number of anilines is 1. The number of amides is 1. The summed E-state index contributed by atoms with van der Waals surface area (Å²) in [5.74, 6) is -0.451. The lowest BCUT2D eigenvalue weighted by Crippen LogP contribution is -2.15.